The fraction of sp³-hybridized carbons (Fsp3) is 0.467. The second kappa shape index (κ2) is 8.73. The Labute approximate surface area is 153 Å². The highest BCUT2D eigenvalue weighted by atomic mass is 35.5. The molecule has 0 spiro atoms. The summed E-state index contributed by atoms with van der Waals surface area (Å²) in [4.78, 5) is 24.7. The largest absolute Gasteiger partial charge is 0.481 e. The zero-order chi connectivity index (χ0) is 17.9. The van der Waals surface area contributed by atoms with Gasteiger partial charge in [0.2, 0.25) is 5.91 Å². The highest BCUT2D eigenvalue weighted by molar-refractivity contribution is 6.34. The molecule has 1 aromatic carbocycles. The summed E-state index contributed by atoms with van der Waals surface area (Å²) in [6.07, 6.45) is -3.51. The minimum absolute atomic E-state index is 0. The molecule has 1 amide bonds. The fourth-order valence-electron chi connectivity index (χ4n) is 2.67. The van der Waals surface area contributed by atoms with E-state index in [0.717, 1.165) is 12.1 Å². The monoisotopic (exact) mass is 400 g/mol. The lowest BCUT2D eigenvalue weighted by atomic mass is 9.98. The fourth-order valence-corrected chi connectivity index (χ4v) is 2.89. The van der Waals surface area contributed by atoms with Crippen LogP contribution in [0.3, 0.4) is 0 Å². The Bertz CT molecular complexity index is 641. The third-order valence-electron chi connectivity index (χ3n) is 3.81. The van der Waals surface area contributed by atoms with Crippen LogP contribution in [0, 0.1) is 5.92 Å². The van der Waals surface area contributed by atoms with Crippen LogP contribution < -0.4 is 5.32 Å². The highest BCUT2D eigenvalue weighted by Gasteiger charge is 2.35. The number of alkyl halides is 3. The van der Waals surface area contributed by atoms with Crippen molar-refractivity contribution in [3.63, 3.8) is 0 Å². The van der Waals surface area contributed by atoms with E-state index >= 15 is 0 Å². The van der Waals surface area contributed by atoms with E-state index in [2.05, 4.69) is 5.32 Å². The first-order valence-electron chi connectivity index (χ1n) is 7.29. The Morgan fingerprint density at radius 2 is 2.04 bits per heavy atom. The number of hydrogen-bond acceptors (Lipinski definition) is 3. The first kappa shape index (κ1) is 21.5. The van der Waals surface area contributed by atoms with Crippen molar-refractivity contribution in [1.29, 1.82) is 0 Å². The van der Waals surface area contributed by atoms with Gasteiger partial charge in [-0.15, -0.1) is 12.4 Å². The van der Waals surface area contributed by atoms with Crippen molar-refractivity contribution < 1.29 is 27.9 Å². The number of rotatable bonds is 4. The van der Waals surface area contributed by atoms with Crippen molar-refractivity contribution in [2.75, 3.05) is 25.0 Å². The topological polar surface area (TPSA) is 69.6 Å². The van der Waals surface area contributed by atoms with Crippen LogP contribution in [0.25, 0.3) is 0 Å². The van der Waals surface area contributed by atoms with E-state index in [1.54, 1.807) is 4.90 Å². The number of carbonyl (C=O) groups is 2. The van der Waals surface area contributed by atoms with Gasteiger partial charge in [0.05, 0.1) is 28.7 Å². The summed E-state index contributed by atoms with van der Waals surface area (Å²) < 4.78 is 39.0. The number of nitrogens with one attached hydrogen (secondary N) is 1. The normalized spacial score (nSPS) is 18.3. The molecule has 0 radical (unpaired) electrons. The lowest BCUT2D eigenvalue weighted by molar-refractivity contribution is -0.144. The summed E-state index contributed by atoms with van der Waals surface area (Å²) in [5.74, 6) is -2.18. The van der Waals surface area contributed by atoms with Crippen molar-refractivity contribution in [2.45, 2.75) is 19.0 Å². The number of aliphatic carboxylic acids is 1. The summed E-state index contributed by atoms with van der Waals surface area (Å²) in [6, 6.07) is 3.25. The molecular weight excluding hydrogens is 384 g/mol. The Morgan fingerprint density at radius 3 is 2.64 bits per heavy atom. The standard InChI is InChI=1S/C15H16ClF3N2O3.ClH/c16-11-5-1-4-10(15(17,18)19)13(11)20-12(22)8-21-6-2-3-9(7-21)14(23)24;/h1,4-5,9H,2-3,6-8H2,(H,20,22)(H,23,24);1H. The average Bonchev–Trinajstić information content (AvgIpc) is 2.48. The van der Waals surface area contributed by atoms with Crippen LogP contribution >= 0.6 is 24.0 Å². The third-order valence-corrected chi connectivity index (χ3v) is 4.12. The van der Waals surface area contributed by atoms with Crippen molar-refractivity contribution in [3.05, 3.63) is 28.8 Å². The molecule has 0 aliphatic carbocycles. The van der Waals surface area contributed by atoms with Gasteiger partial charge in [0.25, 0.3) is 0 Å². The van der Waals surface area contributed by atoms with Crippen LogP contribution in [-0.2, 0) is 15.8 Å². The van der Waals surface area contributed by atoms with Crippen LogP contribution in [0.4, 0.5) is 18.9 Å². The molecule has 10 heteroatoms. The predicted molar refractivity (Wildman–Crippen MR) is 89.1 cm³/mol. The van der Waals surface area contributed by atoms with Crippen LogP contribution in [-0.4, -0.2) is 41.5 Å². The van der Waals surface area contributed by atoms with Gasteiger partial charge >= 0.3 is 12.1 Å². The number of carboxylic acids is 1. The maximum atomic E-state index is 13.0. The number of para-hydroxylation sites is 1. The number of likely N-dealkylation sites (tertiary alicyclic amines) is 1. The average molecular weight is 401 g/mol. The van der Waals surface area contributed by atoms with Gasteiger partial charge < -0.3 is 10.4 Å². The molecule has 1 aromatic rings. The van der Waals surface area contributed by atoms with Crippen molar-refractivity contribution in [3.8, 4) is 0 Å². The molecule has 1 aliphatic heterocycles. The van der Waals surface area contributed by atoms with E-state index in [4.69, 9.17) is 16.7 Å². The van der Waals surface area contributed by atoms with Crippen LogP contribution in [0.5, 0.6) is 0 Å². The van der Waals surface area contributed by atoms with E-state index in [9.17, 15) is 22.8 Å². The molecule has 0 aromatic heterocycles. The van der Waals surface area contributed by atoms with E-state index in [1.165, 1.54) is 6.07 Å². The lowest BCUT2D eigenvalue weighted by Gasteiger charge is -2.30. The molecule has 0 bridgehead atoms. The number of piperidine rings is 1. The second-order valence-electron chi connectivity index (χ2n) is 5.62. The van der Waals surface area contributed by atoms with Crippen molar-refractivity contribution >= 4 is 41.6 Å². The van der Waals surface area contributed by atoms with Crippen LogP contribution in [0.2, 0.25) is 5.02 Å². The Kier molecular flexibility index (Phi) is 7.52. The molecule has 5 nitrogen and oxygen atoms in total. The minimum atomic E-state index is -4.65. The summed E-state index contributed by atoms with van der Waals surface area (Å²) in [5, 5.41) is 11.0. The molecule has 1 saturated heterocycles. The van der Waals surface area contributed by atoms with Crippen molar-refractivity contribution in [2.24, 2.45) is 5.92 Å². The van der Waals surface area contributed by atoms with Gasteiger partial charge in [-0.2, -0.15) is 13.2 Å². The molecule has 1 unspecified atom stereocenters. The van der Waals surface area contributed by atoms with Gasteiger partial charge in [-0.3, -0.25) is 14.5 Å². The van der Waals surface area contributed by atoms with Gasteiger partial charge in [-0.05, 0) is 31.5 Å². The van der Waals surface area contributed by atoms with Gasteiger partial charge in [0.1, 0.15) is 0 Å². The molecule has 2 N–H and O–H groups in total. The van der Waals surface area contributed by atoms with Gasteiger partial charge in [0, 0.05) is 6.54 Å². The Balaban J connectivity index is 0.00000312. The zero-order valence-electron chi connectivity index (χ0n) is 13.0. The van der Waals surface area contributed by atoms with Gasteiger partial charge in [-0.25, -0.2) is 0 Å². The van der Waals surface area contributed by atoms with Gasteiger partial charge in [0.15, 0.2) is 0 Å². The Morgan fingerprint density at radius 1 is 1.36 bits per heavy atom. The number of anilines is 1. The molecule has 25 heavy (non-hydrogen) atoms. The first-order chi connectivity index (χ1) is 11.2. The summed E-state index contributed by atoms with van der Waals surface area (Å²) in [5.41, 5.74) is -1.51. The van der Waals surface area contributed by atoms with Crippen LogP contribution in [0.1, 0.15) is 18.4 Å². The molecule has 1 atom stereocenters. The molecule has 1 aliphatic rings. The summed E-state index contributed by atoms with van der Waals surface area (Å²) in [6.45, 7) is 0.523. The highest BCUT2D eigenvalue weighted by Crippen LogP contribution is 2.38. The second-order valence-corrected chi connectivity index (χ2v) is 6.03. The smallest absolute Gasteiger partial charge is 0.418 e. The number of amides is 1. The summed E-state index contributed by atoms with van der Waals surface area (Å²) >= 11 is 5.78. The minimum Gasteiger partial charge on any atom is -0.481 e. The Hall–Kier alpha value is -1.51. The molecule has 1 fully saturated rings. The quantitative estimate of drug-likeness (QED) is 0.810. The molecule has 2 rings (SSSR count). The first-order valence-corrected chi connectivity index (χ1v) is 7.67. The number of nitrogens with zero attached hydrogens (tertiary/aromatic N) is 1. The van der Waals surface area contributed by atoms with E-state index < -0.39 is 35.2 Å². The molecule has 1 heterocycles. The molecule has 140 valence electrons. The maximum Gasteiger partial charge on any atom is 0.418 e. The van der Waals surface area contributed by atoms with Gasteiger partial charge in [-0.1, -0.05) is 17.7 Å². The maximum absolute atomic E-state index is 13.0. The van der Waals surface area contributed by atoms with E-state index in [-0.39, 0.29) is 30.5 Å². The van der Waals surface area contributed by atoms with Crippen molar-refractivity contribution in [1.82, 2.24) is 4.90 Å². The number of hydrogen-bond donors (Lipinski definition) is 2. The number of halogens is 5. The third kappa shape index (κ3) is 5.76. The molecule has 0 saturated carbocycles. The predicted octanol–water partition coefficient (Wildman–Crippen LogP) is 3.52. The summed E-state index contributed by atoms with van der Waals surface area (Å²) in [7, 11) is 0. The van der Waals surface area contributed by atoms with E-state index in [1.807, 2.05) is 0 Å². The SMILES string of the molecule is Cl.O=C(CN1CCCC(C(=O)O)C1)Nc1c(Cl)cccc1C(F)(F)F. The number of carbonyl (C=O) groups excluding carboxylic acids is 1. The lowest BCUT2D eigenvalue weighted by Crippen LogP contribution is -2.42. The van der Waals surface area contributed by atoms with Crippen LogP contribution in [0.15, 0.2) is 18.2 Å². The molecular formula is C15H17Cl2F3N2O3. The number of benzene rings is 1. The van der Waals surface area contributed by atoms with E-state index in [0.29, 0.717) is 19.4 Å². The zero-order valence-corrected chi connectivity index (χ0v) is 14.5. The number of carboxylic acid groups (broad SMARTS) is 1.